The van der Waals surface area contributed by atoms with E-state index in [4.69, 9.17) is 6.42 Å². The Morgan fingerprint density at radius 1 is 0.679 bits per heavy atom. The average Bonchev–Trinajstić information content (AvgIpc) is 3.14. The summed E-state index contributed by atoms with van der Waals surface area (Å²) in [5, 5.41) is 0. The van der Waals surface area contributed by atoms with E-state index < -0.39 is 0 Å². The Morgan fingerprint density at radius 2 is 1.25 bits per heavy atom. The highest BCUT2D eigenvalue weighted by molar-refractivity contribution is 5.98. The standard InChI is InChI=1S/C28H20/c1-3-23-25-18-22-16-10-11-17-24(22)27(25)19(2)26(20-12-6-4-7-13-20)28(23)21-14-8-5-9-15-21/h1,4-17H,18H2,2H3. The maximum atomic E-state index is 6.14. The highest BCUT2D eigenvalue weighted by atomic mass is 14.3. The predicted molar refractivity (Wildman–Crippen MR) is 118 cm³/mol. The van der Waals surface area contributed by atoms with Gasteiger partial charge in [-0.2, -0.15) is 0 Å². The zero-order chi connectivity index (χ0) is 19.1. The van der Waals surface area contributed by atoms with Gasteiger partial charge >= 0.3 is 0 Å². The molecule has 1 aliphatic carbocycles. The van der Waals surface area contributed by atoms with E-state index >= 15 is 0 Å². The highest BCUT2D eigenvalue weighted by Gasteiger charge is 2.28. The molecule has 5 rings (SSSR count). The third-order valence-corrected chi connectivity index (χ3v) is 5.78. The van der Waals surface area contributed by atoms with Crippen LogP contribution in [0.2, 0.25) is 0 Å². The Labute approximate surface area is 166 Å². The van der Waals surface area contributed by atoms with Gasteiger partial charge in [0.25, 0.3) is 0 Å². The van der Waals surface area contributed by atoms with Gasteiger partial charge in [-0.3, -0.25) is 0 Å². The number of terminal acetylenes is 1. The lowest BCUT2D eigenvalue weighted by atomic mass is 9.82. The van der Waals surface area contributed by atoms with Gasteiger partial charge < -0.3 is 0 Å². The van der Waals surface area contributed by atoms with Gasteiger partial charge in [0, 0.05) is 11.1 Å². The molecule has 0 saturated carbocycles. The molecule has 0 nitrogen and oxygen atoms in total. The molecule has 0 radical (unpaired) electrons. The van der Waals surface area contributed by atoms with Crippen LogP contribution in [-0.4, -0.2) is 0 Å². The minimum atomic E-state index is 0.904. The summed E-state index contributed by atoms with van der Waals surface area (Å²) in [6, 6.07) is 29.9. The Hall–Kier alpha value is -3.56. The third-order valence-electron chi connectivity index (χ3n) is 5.78. The van der Waals surface area contributed by atoms with Crippen LogP contribution in [0.1, 0.15) is 22.3 Å². The first-order valence-electron chi connectivity index (χ1n) is 9.64. The quantitative estimate of drug-likeness (QED) is 0.302. The molecule has 132 valence electrons. The minimum Gasteiger partial charge on any atom is -0.115 e. The van der Waals surface area contributed by atoms with Crippen molar-refractivity contribution in [3.8, 4) is 45.7 Å². The van der Waals surface area contributed by atoms with Crippen LogP contribution in [0, 0.1) is 19.3 Å². The maximum Gasteiger partial charge on any atom is 0.0369 e. The monoisotopic (exact) mass is 356 g/mol. The Balaban J connectivity index is 1.95. The van der Waals surface area contributed by atoms with Crippen molar-refractivity contribution in [3.05, 3.63) is 107 Å². The molecule has 0 heterocycles. The molecule has 0 fully saturated rings. The molecular formula is C28H20. The molecule has 1 aliphatic rings. The van der Waals surface area contributed by atoms with Crippen LogP contribution < -0.4 is 0 Å². The van der Waals surface area contributed by atoms with Gasteiger partial charge in [0.2, 0.25) is 0 Å². The number of rotatable bonds is 2. The summed E-state index contributed by atoms with van der Waals surface area (Å²) < 4.78 is 0. The molecular weight excluding hydrogens is 336 g/mol. The van der Waals surface area contributed by atoms with Crippen LogP contribution in [0.5, 0.6) is 0 Å². The first kappa shape index (κ1) is 16.6. The van der Waals surface area contributed by atoms with Gasteiger partial charge in [0.15, 0.2) is 0 Å². The fourth-order valence-electron chi connectivity index (χ4n) is 4.61. The molecule has 0 heteroatoms. The van der Waals surface area contributed by atoms with Crippen LogP contribution in [0.4, 0.5) is 0 Å². The van der Waals surface area contributed by atoms with E-state index in [-0.39, 0.29) is 0 Å². The van der Waals surface area contributed by atoms with Crippen molar-refractivity contribution in [2.45, 2.75) is 13.3 Å². The first-order valence-corrected chi connectivity index (χ1v) is 9.64. The van der Waals surface area contributed by atoms with E-state index in [2.05, 4.69) is 97.8 Å². The van der Waals surface area contributed by atoms with E-state index in [0.717, 1.165) is 12.0 Å². The molecule has 4 aromatic carbocycles. The summed E-state index contributed by atoms with van der Waals surface area (Å²) in [6.45, 7) is 2.25. The van der Waals surface area contributed by atoms with Gasteiger partial charge in [0.05, 0.1) is 0 Å². The molecule has 0 aromatic heterocycles. The normalized spacial score (nSPS) is 11.6. The second-order valence-electron chi connectivity index (χ2n) is 7.31. The number of hydrogen-bond acceptors (Lipinski definition) is 0. The summed E-state index contributed by atoms with van der Waals surface area (Å²) in [4.78, 5) is 0. The molecule has 0 saturated heterocycles. The van der Waals surface area contributed by atoms with Crippen molar-refractivity contribution >= 4 is 0 Å². The molecule has 0 atom stereocenters. The summed E-state index contributed by atoms with van der Waals surface area (Å²) in [5.41, 5.74) is 12.4. The van der Waals surface area contributed by atoms with Crippen LogP contribution in [0.15, 0.2) is 84.9 Å². The largest absolute Gasteiger partial charge is 0.115 e. The predicted octanol–water partition coefficient (Wildman–Crippen LogP) is 6.88. The lowest BCUT2D eigenvalue weighted by Gasteiger charge is -2.21. The van der Waals surface area contributed by atoms with Crippen LogP contribution >= 0.6 is 0 Å². The summed E-state index contributed by atoms with van der Waals surface area (Å²) in [7, 11) is 0. The molecule has 0 amide bonds. The fourth-order valence-corrected chi connectivity index (χ4v) is 4.61. The number of benzene rings is 4. The second kappa shape index (κ2) is 6.55. The maximum absolute atomic E-state index is 6.14. The van der Waals surface area contributed by atoms with Crippen molar-refractivity contribution in [1.82, 2.24) is 0 Å². The molecule has 0 spiro atoms. The number of fused-ring (bicyclic) bond motifs is 3. The van der Waals surface area contributed by atoms with Crippen LogP contribution in [0.25, 0.3) is 33.4 Å². The smallest absolute Gasteiger partial charge is 0.0369 e. The molecule has 0 bridgehead atoms. The van der Waals surface area contributed by atoms with Crippen molar-refractivity contribution < 1.29 is 0 Å². The SMILES string of the molecule is C#Cc1c2c(c(C)c(-c3ccccc3)c1-c1ccccc1)-c1ccccc1C2. The minimum absolute atomic E-state index is 0.904. The van der Waals surface area contributed by atoms with Crippen LogP contribution in [0.3, 0.4) is 0 Å². The Kier molecular flexibility index (Phi) is 3.89. The van der Waals surface area contributed by atoms with Gasteiger partial charge in [-0.1, -0.05) is 90.8 Å². The second-order valence-corrected chi connectivity index (χ2v) is 7.31. The molecule has 4 aromatic rings. The Bertz CT molecular complexity index is 1220. The molecule has 0 unspecified atom stereocenters. The highest BCUT2D eigenvalue weighted by Crippen LogP contribution is 2.48. The van der Waals surface area contributed by atoms with E-state index in [9.17, 15) is 0 Å². The fraction of sp³-hybridized carbons (Fsp3) is 0.0714. The third kappa shape index (κ3) is 2.41. The molecule has 0 N–H and O–H groups in total. The summed E-state index contributed by atoms with van der Waals surface area (Å²) in [6.07, 6.45) is 7.05. The van der Waals surface area contributed by atoms with Crippen molar-refractivity contribution in [1.29, 1.82) is 0 Å². The number of hydrogen-bond donors (Lipinski definition) is 0. The topological polar surface area (TPSA) is 0 Å². The zero-order valence-corrected chi connectivity index (χ0v) is 15.9. The summed E-state index contributed by atoms with van der Waals surface area (Å²) >= 11 is 0. The van der Waals surface area contributed by atoms with Crippen molar-refractivity contribution in [3.63, 3.8) is 0 Å². The van der Waals surface area contributed by atoms with E-state index in [1.165, 1.54) is 50.1 Å². The van der Waals surface area contributed by atoms with E-state index in [0.29, 0.717) is 0 Å². The summed E-state index contributed by atoms with van der Waals surface area (Å²) in [5.74, 6) is 3.07. The van der Waals surface area contributed by atoms with Crippen molar-refractivity contribution in [2.75, 3.05) is 0 Å². The van der Waals surface area contributed by atoms with E-state index in [1.54, 1.807) is 0 Å². The van der Waals surface area contributed by atoms with Crippen molar-refractivity contribution in [2.24, 2.45) is 0 Å². The lowest BCUT2D eigenvalue weighted by Crippen LogP contribution is -2.00. The van der Waals surface area contributed by atoms with Gasteiger partial charge in [-0.25, -0.2) is 0 Å². The molecule has 28 heavy (non-hydrogen) atoms. The van der Waals surface area contributed by atoms with E-state index in [1.807, 2.05) is 0 Å². The van der Waals surface area contributed by atoms with Gasteiger partial charge in [-0.05, 0) is 57.9 Å². The first-order chi connectivity index (χ1) is 13.8. The zero-order valence-electron chi connectivity index (χ0n) is 15.9. The van der Waals surface area contributed by atoms with Gasteiger partial charge in [-0.15, -0.1) is 6.42 Å². The Morgan fingerprint density at radius 3 is 1.89 bits per heavy atom. The van der Waals surface area contributed by atoms with Gasteiger partial charge in [0.1, 0.15) is 0 Å². The average molecular weight is 356 g/mol. The lowest BCUT2D eigenvalue weighted by molar-refractivity contribution is 1.24. The molecule has 0 aliphatic heterocycles. The van der Waals surface area contributed by atoms with Crippen LogP contribution in [-0.2, 0) is 6.42 Å².